The average molecular weight is 349 g/mol. The van der Waals surface area contributed by atoms with Crippen LogP contribution in [0.5, 0.6) is 5.75 Å². The highest BCUT2D eigenvalue weighted by molar-refractivity contribution is 5.92. The van der Waals surface area contributed by atoms with E-state index in [1.807, 2.05) is 32.2 Å². The number of ether oxygens (including phenoxy) is 1. The van der Waals surface area contributed by atoms with Crippen LogP contribution in [0.2, 0.25) is 0 Å². The van der Waals surface area contributed by atoms with Gasteiger partial charge in [-0.25, -0.2) is 15.0 Å². The van der Waals surface area contributed by atoms with Crippen LogP contribution in [0, 0.1) is 0 Å². The normalized spacial score (nSPS) is 16.5. The van der Waals surface area contributed by atoms with Gasteiger partial charge in [0.05, 0.1) is 18.9 Å². The van der Waals surface area contributed by atoms with Gasteiger partial charge in [0.25, 0.3) is 5.91 Å². The first-order valence-corrected chi connectivity index (χ1v) is 8.42. The third-order valence-electron chi connectivity index (χ3n) is 4.49. The molecule has 1 aliphatic rings. The minimum absolute atomic E-state index is 0.0552. The third-order valence-corrected chi connectivity index (χ3v) is 4.49. The van der Waals surface area contributed by atoms with Crippen molar-refractivity contribution in [1.82, 2.24) is 24.4 Å². The summed E-state index contributed by atoms with van der Waals surface area (Å²) in [4.78, 5) is 27.1. The summed E-state index contributed by atoms with van der Waals surface area (Å²) in [6, 6.07) is 5.91. The number of hydrogen-bond acceptors (Lipinski definition) is 5. The Bertz CT molecular complexity index is 938. The number of rotatable bonds is 2. The van der Waals surface area contributed by atoms with Gasteiger partial charge in [-0.05, 0) is 24.6 Å². The topological polar surface area (TPSA) is 73.1 Å². The molecule has 0 unspecified atom stereocenters. The minimum atomic E-state index is -0.0944. The van der Waals surface area contributed by atoms with E-state index < -0.39 is 0 Å². The molecule has 0 bridgehead atoms. The Morgan fingerprint density at radius 2 is 2.04 bits per heavy atom. The zero-order valence-electron chi connectivity index (χ0n) is 14.7. The molecule has 3 aromatic rings. The molecule has 0 saturated carbocycles. The zero-order chi connectivity index (χ0) is 18.1. The Morgan fingerprint density at radius 1 is 1.23 bits per heavy atom. The van der Waals surface area contributed by atoms with Crippen LogP contribution < -0.4 is 4.74 Å². The van der Waals surface area contributed by atoms with Crippen molar-refractivity contribution in [2.75, 3.05) is 6.61 Å². The molecular formula is C19H19N5O2. The molecule has 0 fully saturated rings. The Labute approximate surface area is 151 Å². The monoisotopic (exact) mass is 349 g/mol. The van der Waals surface area contributed by atoms with E-state index >= 15 is 0 Å². The van der Waals surface area contributed by atoms with Crippen molar-refractivity contribution in [3.63, 3.8) is 0 Å². The maximum atomic E-state index is 12.9. The quantitative estimate of drug-likeness (QED) is 0.710. The molecule has 0 N–H and O–H groups in total. The van der Waals surface area contributed by atoms with Crippen LogP contribution in [-0.2, 0) is 13.6 Å². The number of hydrogen-bond donors (Lipinski definition) is 0. The number of amides is 1. The molecule has 0 aliphatic carbocycles. The van der Waals surface area contributed by atoms with Crippen molar-refractivity contribution >= 4 is 5.91 Å². The van der Waals surface area contributed by atoms with E-state index in [0.29, 0.717) is 18.8 Å². The van der Waals surface area contributed by atoms with Gasteiger partial charge in [-0.2, -0.15) is 0 Å². The van der Waals surface area contributed by atoms with Gasteiger partial charge in [0.2, 0.25) is 0 Å². The molecule has 1 amide bonds. The van der Waals surface area contributed by atoms with Crippen molar-refractivity contribution in [2.24, 2.45) is 7.05 Å². The lowest BCUT2D eigenvalue weighted by molar-refractivity contribution is 0.0640. The molecule has 0 saturated heterocycles. The highest BCUT2D eigenvalue weighted by Gasteiger charge is 2.28. The fourth-order valence-corrected chi connectivity index (χ4v) is 3.05. The second kappa shape index (κ2) is 6.59. The van der Waals surface area contributed by atoms with Gasteiger partial charge in [-0.3, -0.25) is 4.79 Å². The van der Waals surface area contributed by atoms with Crippen LogP contribution in [0.1, 0.15) is 23.0 Å². The first kappa shape index (κ1) is 16.3. The van der Waals surface area contributed by atoms with Gasteiger partial charge in [0.15, 0.2) is 0 Å². The molecule has 1 aliphatic heterocycles. The lowest BCUT2D eigenvalue weighted by Gasteiger charge is -2.25. The summed E-state index contributed by atoms with van der Waals surface area (Å²) in [5.41, 5.74) is 3.32. The van der Waals surface area contributed by atoms with Crippen molar-refractivity contribution < 1.29 is 9.53 Å². The molecule has 7 heteroatoms. The van der Waals surface area contributed by atoms with Crippen LogP contribution in [0.15, 0.2) is 49.4 Å². The molecule has 4 rings (SSSR count). The molecule has 7 nitrogen and oxygen atoms in total. The van der Waals surface area contributed by atoms with Gasteiger partial charge in [-0.1, -0.05) is 6.07 Å². The predicted molar refractivity (Wildman–Crippen MR) is 95.5 cm³/mol. The summed E-state index contributed by atoms with van der Waals surface area (Å²) in [7, 11) is 1.85. The second-order valence-electron chi connectivity index (χ2n) is 6.47. The Balaban J connectivity index is 1.67. The smallest absolute Gasteiger partial charge is 0.274 e. The lowest BCUT2D eigenvalue weighted by Crippen LogP contribution is -2.40. The molecule has 3 heterocycles. The zero-order valence-corrected chi connectivity index (χ0v) is 14.7. The predicted octanol–water partition coefficient (Wildman–Crippen LogP) is 2.30. The van der Waals surface area contributed by atoms with E-state index in [9.17, 15) is 4.79 Å². The fraction of sp³-hybridized carbons (Fsp3) is 0.263. The highest BCUT2D eigenvalue weighted by atomic mass is 16.5. The standard InChI is InChI=1S/C19H19N5O2/c1-13-10-26-18-4-3-14(16-6-20-11-21-7-16)5-15(18)8-24(13)19(25)17-9-23(2)12-22-17/h3-7,9,11-13H,8,10H2,1-2H3/t13-/m1/s1. The molecule has 0 radical (unpaired) electrons. The van der Waals surface area contributed by atoms with Crippen molar-refractivity contribution in [2.45, 2.75) is 19.5 Å². The molecule has 2 aromatic heterocycles. The summed E-state index contributed by atoms with van der Waals surface area (Å²) in [5.74, 6) is 0.705. The average Bonchev–Trinajstić information content (AvgIpc) is 3.03. The van der Waals surface area contributed by atoms with E-state index in [-0.39, 0.29) is 11.9 Å². The van der Waals surface area contributed by atoms with Gasteiger partial charge in [0, 0.05) is 36.8 Å². The second-order valence-corrected chi connectivity index (χ2v) is 6.47. The first-order chi connectivity index (χ1) is 12.6. The van der Waals surface area contributed by atoms with Crippen molar-refractivity contribution in [3.8, 4) is 16.9 Å². The summed E-state index contributed by atoms with van der Waals surface area (Å²) >= 11 is 0. The lowest BCUT2D eigenvalue weighted by atomic mass is 10.0. The van der Waals surface area contributed by atoms with Crippen LogP contribution in [0.4, 0.5) is 0 Å². The highest BCUT2D eigenvalue weighted by Crippen LogP contribution is 2.30. The molecule has 26 heavy (non-hydrogen) atoms. The number of benzene rings is 1. The first-order valence-electron chi connectivity index (χ1n) is 8.42. The minimum Gasteiger partial charge on any atom is -0.491 e. The van der Waals surface area contributed by atoms with Crippen LogP contribution in [-0.4, -0.2) is 43.0 Å². The van der Waals surface area contributed by atoms with Crippen LogP contribution >= 0.6 is 0 Å². The number of aryl methyl sites for hydroxylation is 1. The number of carbonyl (C=O) groups is 1. The number of nitrogens with zero attached hydrogens (tertiary/aromatic N) is 5. The Morgan fingerprint density at radius 3 is 2.77 bits per heavy atom. The van der Waals surface area contributed by atoms with Crippen molar-refractivity contribution in [3.05, 3.63) is 60.7 Å². The van der Waals surface area contributed by atoms with Crippen LogP contribution in [0.3, 0.4) is 0 Å². The Hall–Kier alpha value is -3.22. The maximum absolute atomic E-state index is 12.9. The van der Waals surface area contributed by atoms with E-state index in [1.165, 1.54) is 6.33 Å². The number of fused-ring (bicyclic) bond motifs is 1. The number of imidazole rings is 1. The SMILES string of the molecule is C[C@@H]1COc2ccc(-c3cncnc3)cc2CN1C(=O)c1cn(C)cn1. The summed E-state index contributed by atoms with van der Waals surface area (Å²) in [5, 5.41) is 0. The van der Waals surface area contributed by atoms with E-state index in [2.05, 4.69) is 15.0 Å². The molecule has 132 valence electrons. The van der Waals surface area contributed by atoms with Gasteiger partial charge in [-0.15, -0.1) is 0 Å². The van der Waals surface area contributed by atoms with Gasteiger partial charge >= 0.3 is 0 Å². The summed E-state index contributed by atoms with van der Waals surface area (Å²) in [6.07, 6.45) is 8.41. The molecule has 1 atom stereocenters. The number of carbonyl (C=O) groups excluding carboxylic acids is 1. The Kier molecular flexibility index (Phi) is 4.12. The van der Waals surface area contributed by atoms with Gasteiger partial charge < -0.3 is 14.2 Å². The summed E-state index contributed by atoms with van der Waals surface area (Å²) in [6.45, 7) is 2.89. The third kappa shape index (κ3) is 3.03. The molecule has 1 aromatic carbocycles. The van der Waals surface area contributed by atoms with Crippen molar-refractivity contribution in [1.29, 1.82) is 0 Å². The van der Waals surface area contributed by atoms with E-state index in [4.69, 9.17) is 4.74 Å². The van der Waals surface area contributed by atoms with E-state index in [1.54, 1.807) is 34.4 Å². The number of aromatic nitrogens is 4. The fourth-order valence-electron chi connectivity index (χ4n) is 3.05. The van der Waals surface area contributed by atoms with Gasteiger partial charge in [0.1, 0.15) is 24.4 Å². The maximum Gasteiger partial charge on any atom is 0.274 e. The summed E-state index contributed by atoms with van der Waals surface area (Å²) < 4.78 is 7.69. The largest absolute Gasteiger partial charge is 0.491 e. The van der Waals surface area contributed by atoms with Crippen LogP contribution in [0.25, 0.3) is 11.1 Å². The molecular weight excluding hydrogens is 330 g/mol. The van der Waals surface area contributed by atoms with E-state index in [0.717, 1.165) is 22.4 Å². The molecule has 0 spiro atoms.